The van der Waals surface area contributed by atoms with E-state index in [0.717, 1.165) is 23.7 Å². The number of anilines is 1. The lowest BCUT2D eigenvalue weighted by molar-refractivity contribution is -0.117. The summed E-state index contributed by atoms with van der Waals surface area (Å²) in [4.78, 5) is 31.4. The Hall–Kier alpha value is -0.880. The lowest BCUT2D eigenvalue weighted by Crippen LogP contribution is -2.24. The molecule has 3 rings (SSSR count). The number of rotatable bonds is 3. The number of amides is 1. The predicted octanol–water partition coefficient (Wildman–Crippen LogP) is 3.43. The number of carbonyl (C=O) groups is 2. The van der Waals surface area contributed by atoms with Gasteiger partial charge in [0.15, 0.2) is 10.2 Å². The lowest BCUT2D eigenvalue weighted by atomic mass is 10.0. The second-order valence-corrected chi connectivity index (χ2v) is 8.42. The lowest BCUT2D eigenvalue weighted by Gasteiger charge is -2.12. The van der Waals surface area contributed by atoms with E-state index in [4.69, 9.17) is 4.98 Å². The van der Waals surface area contributed by atoms with Crippen molar-refractivity contribution in [2.75, 3.05) is 17.2 Å². The molecule has 1 aromatic heterocycles. The molecule has 6 heteroatoms. The van der Waals surface area contributed by atoms with Gasteiger partial charge in [-0.15, -0.1) is 11.3 Å². The quantitative estimate of drug-likeness (QED) is 0.847. The van der Waals surface area contributed by atoms with Crippen LogP contribution < -0.4 is 4.90 Å². The van der Waals surface area contributed by atoms with Crippen LogP contribution in [0.2, 0.25) is 0 Å². The van der Waals surface area contributed by atoms with Crippen LogP contribution in [0.25, 0.3) is 0 Å². The fraction of sp³-hybridized carbons (Fsp3) is 0.688. The number of hydrogen-bond donors (Lipinski definition) is 0. The smallest absolute Gasteiger partial charge is 0.229 e. The first kappa shape index (κ1) is 16.0. The van der Waals surface area contributed by atoms with Crippen molar-refractivity contribution in [3.05, 3.63) is 10.6 Å². The number of aromatic nitrogens is 1. The average molecular weight is 338 g/mol. The molecule has 1 unspecified atom stereocenters. The van der Waals surface area contributed by atoms with E-state index in [0.29, 0.717) is 13.0 Å². The Bertz CT molecular complexity index is 545. The van der Waals surface area contributed by atoms with Gasteiger partial charge in [-0.1, -0.05) is 24.6 Å². The minimum Gasteiger partial charge on any atom is -0.288 e. The third-order valence-corrected chi connectivity index (χ3v) is 6.52. The topological polar surface area (TPSA) is 50.3 Å². The Labute approximate surface area is 139 Å². The SMILES string of the molecule is CC(=O)SCC1CC(=O)N(c2nc3c(s2)CCCCCC3)C1. The van der Waals surface area contributed by atoms with Crippen LogP contribution in [0.15, 0.2) is 0 Å². The van der Waals surface area contributed by atoms with Crippen LogP contribution in [0.4, 0.5) is 5.13 Å². The summed E-state index contributed by atoms with van der Waals surface area (Å²) in [6.07, 6.45) is 7.75. The summed E-state index contributed by atoms with van der Waals surface area (Å²) in [5.74, 6) is 1.17. The molecule has 1 saturated heterocycles. The zero-order chi connectivity index (χ0) is 15.5. The summed E-state index contributed by atoms with van der Waals surface area (Å²) in [6.45, 7) is 2.30. The molecule has 1 aromatic rings. The van der Waals surface area contributed by atoms with Crippen LogP contribution in [-0.4, -0.2) is 28.3 Å². The Morgan fingerprint density at radius 2 is 2.09 bits per heavy atom. The fourth-order valence-corrected chi connectivity index (χ4v) is 4.99. The van der Waals surface area contributed by atoms with Crippen molar-refractivity contribution in [2.45, 2.75) is 51.9 Å². The first-order valence-corrected chi connectivity index (χ1v) is 9.86. The van der Waals surface area contributed by atoms with E-state index in [1.54, 1.807) is 18.3 Å². The van der Waals surface area contributed by atoms with Gasteiger partial charge in [0.2, 0.25) is 5.91 Å². The highest BCUT2D eigenvalue weighted by Crippen LogP contribution is 2.34. The normalized spacial score (nSPS) is 22.3. The molecule has 0 bridgehead atoms. The molecular formula is C16H22N2O2S2. The molecule has 1 aliphatic carbocycles. The van der Waals surface area contributed by atoms with Gasteiger partial charge in [-0.05, 0) is 31.6 Å². The van der Waals surface area contributed by atoms with Crippen molar-refractivity contribution in [1.82, 2.24) is 4.98 Å². The third kappa shape index (κ3) is 3.71. The number of thioether (sulfide) groups is 1. The number of thiazole rings is 1. The van der Waals surface area contributed by atoms with Crippen molar-refractivity contribution < 1.29 is 9.59 Å². The molecule has 0 aromatic carbocycles. The summed E-state index contributed by atoms with van der Waals surface area (Å²) >= 11 is 3.03. The second kappa shape index (κ2) is 7.13. The van der Waals surface area contributed by atoms with Crippen LogP contribution in [0.5, 0.6) is 0 Å². The first-order chi connectivity index (χ1) is 10.6. The maximum Gasteiger partial charge on any atom is 0.229 e. The van der Waals surface area contributed by atoms with Gasteiger partial charge in [0.1, 0.15) is 0 Å². The number of aryl methyl sites for hydroxylation is 2. The van der Waals surface area contributed by atoms with Gasteiger partial charge in [0, 0.05) is 30.5 Å². The van der Waals surface area contributed by atoms with Crippen molar-refractivity contribution in [3.8, 4) is 0 Å². The van der Waals surface area contributed by atoms with Crippen LogP contribution in [0.3, 0.4) is 0 Å². The molecule has 120 valence electrons. The first-order valence-electron chi connectivity index (χ1n) is 8.06. The highest BCUT2D eigenvalue weighted by molar-refractivity contribution is 8.13. The van der Waals surface area contributed by atoms with E-state index in [1.807, 2.05) is 4.90 Å². The van der Waals surface area contributed by atoms with Gasteiger partial charge in [-0.3, -0.25) is 14.5 Å². The maximum atomic E-state index is 12.3. The van der Waals surface area contributed by atoms with Crippen LogP contribution >= 0.6 is 23.1 Å². The summed E-state index contributed by atoms with van der Waals surface area (Å²) < 4.78 is 0. The van der Waals surface area contributed by atoms with E-state index in [-0.39, 0.29) is 16.9 Å². The van der Waals surface area contributed by atoms with Gasteiger partial charge in [-0.25, -0.2) is 4.98 Å². The van der Waals surface area contributed by atoms with Crippen molar-refractivity contribution in [1.29, 1.82) is 0 Å². The van der Waals surface area contributed by atoms with Crippen molar-refractivity contribution in [2.24, 2.45) is 5.92 Å². The minimum atomic E-state index is 0.128. The molecule has 1 fully saturated rings. The zero-order valence-corrected chi connectivity index (χ0v) is 14.6. The van der Waals surface area contributed by atoms with E-state index in [9.17, 15) is 9.59 Å². The average Bonchev–Trinajstić information content (AvgIpc) is 3.00. The van der Waals surface area contributed by atoms with Crippen LogP contribution in [0, 0.1) is 5.92 Å². The Morgan fingerprint density at radius 1 is 1.32 bits per heavy atom. The summed E-state index contributed by atoms with van der Waals surface area (Å²) in [5, 5.41) is 1.01. The minimum absolute atomic E-state index is 0.128. The second-order valence-electron chi connectivity index (χ2n) is 6.16. The number of hydrogen-bond acceptors (Lipinski definition) is 5. The standard InChI is InChI=1S/C16H22N2O2S2/c1-11(19)21-10-12-8-15(20)18(9-12)16-17-13-6-4-2-3-5-7-14(13)22-16/h12H,2-10H2,1H3. The Morgan fingerprint density at radius 3 is 2.86 bits per heavy atom. The van der Waals surface area contributed by atoms with E-state index in [1.165, 1.54) is 48.0 Å². The van der Waals surface area contributed by atoms with E-state index in [2.05, 4.69) is 0 Å². The Kier molecular flexibility index (Phi) is 5.18. The monoisotopic (exact) mass is 338 g/mol. The molecule has 0 spiro atoms. The molecule has 0 N–H and O–H groups in total. The summed E-state index contributed by atoms with van der Waals surface area (Å²) in [6, 6.07) is 0. The fourth-order valence-electron chi connectivity index (χ4n) is 3.12. The molecule has 2 heterocycles. The molecular weight excluding hydrogens is 316 g/mol. The summed E-state index contributed by atoms with van der Waals surface area (Å²) in [5.41, 5.74) is 1.22. The van der Waals surface area contributed by atoms with Gasteiger partial charge in [0.25, 0.3) is 0 Å². The molecule has 1 atom stereocenters. The van der Waals surface area contributed by atoms with Crippen LogP contribution in [-0.2, 0) is 22.4 Å². The highest BCUT2D eigenvalue weighted by Gasteiger charge is 2.33. The number of nitrogens with zero attached hydrogens (tertiary/aromatic N) is 2. The van der Waals surface area contributed by atoms with Gasteiger partial charge in [0.05, 0.1) is 5.69 Å². The third-order valence-electron chi connectivity index (χ3n) is 4.29. The van der Waals surface area contributed by atoms with Gasteiger partial charge >= 0.3 is 0 Å². The van der Waals surface area contributed by atoms with Gasteiger partial charge < -0.3 is 0 Å². The zero-order valence-electron chi connectivity index (χ0n) is 13.0. The van der Waals surface area contributed by atoms with E-state index >= 15 is 0 Å². The molecule has 4 nitrogen and oxygen atoms in total. The molecule has 22 heavy (non-hydrogen) atoms. The van der Waals surface area contributed by atoms with E-state index < -0.39 is 0 Å². The molecule has 1 aliphatic heterocycles. The van der Waals surface area contributed by atoms with Crippen molar-refractivity contribution >= 4 is 39.3 Å². The number of carbonyl (C=O) groups excluding carboxylic acids is 2. The maximum absolute atomic E-state index is 12.3. The Balaban J connectivity index is 1.70. The molecule has 0 radical (unpaired) electrons. The largest absolute Gasteiger partial charge is 0.288 e. The van der Waals surface area contributed by atoms with Crippen molar-refractivity contribution in [3.63, 3.8) is 0 Å². The molecule has 0 saturated carbocycles. The highest BCUT2D eigenvalue weighted by atomic mass is 32.2. The summed E-state index contributed by atoms with van der Waals surface area (Å²) in [7, 11) is 0. The van der Waals surface area contributed by atoms with Crippen LogP contribution in [0.1, 0.15) is 49.6 Å². The predicted molar refractivity (Wildman–Crippen MR) is 91.6 cm³/mol. The molecule has 2 aliphatic rings. The van der Waals surface area contributed by atoms with Gasteiger partial charge in [-0.2, -0.15) is 0 Å². The molecule has 1 amide bonds. The number of fused-ring (bicyclic) bond motifs is 1.